The Balaban J connectivity index is 1.32. The van der Waals surface area contributed by atoms with Gasteiger partial charge in [-0.2, -0.15) is 0 Å². The normalized spacial score (nSPS) is 20.3. The molecule has 0 aromatic carbocycles. The Labute approximate surface area is 221 Å². The Morgan fingerprint density at radius 2 is 1.84 bits per heavy atom. The van der Waals surface area contributed by atoms with Crippen molar-refractivity contribution in [2.45, 2.75) is 77.5 Å². The molecule has 3 fully saturated rings. The van der Waals surface area contributed by atoms with Crippen LogP contribution in [0.3, 0.4) is 0 Å². The fourth-order valence-electron chi connectivity index (χ4n) is 5.67. The van der Waals surface area contributed by atoms with Crippen LogP contribution < -0.4 is 4.90 Å². The quantitative estimate of drug-likeness (QED) is 0.380. The summed E-state index contributed by atoms with van der Waals surface area (Å²) in [4.78, 5) is 26.1. The van der Waals surface area contributed by atoms with Gasteiger partial charge >= 0.3 is 6.09 Å². The summed E-state index contributed by atoms with van der Waals surface area (Å²) in [6, 6.07) is 1.15. The number of nitrogens with zero attached hydrogens (tertiary/aromatic N) is 5. The number of carbonyl (C=O) groups excluding carboxylic acids is 1. The summed E-state index contributed by atoms with van der Waals surface area (Å²) in [5, 5.41) is 1.15. The van der Waals surface area contributed by atoms with Crippen molar-refractivity contribution >= 4 is 31.0 Å². The van der Waals surface area contributed by atoms with E-state index in [1.807, 2.05) is 25.7 Å². The van der Waals surface area contributed by atoms with Crippen molar-refractivity contribution in [2.75, 3.05) is 50.9 Å². The summed E-state index contributed by atoms with van der Waals surface area (Å²) in [5.41, 5.74) is 1.93. The van der Waals surface area contributed by atoms with Crippen molar-refractivity contribution < 1.29 is 19.0 Å². The molecule has 3 saturated heterocycles. The number of anilines is 1. The van der Waals surface area contributed by atoms with Gasteiger partial charge < -0.3 is 28.6 Å². The van der Waals surface area contributed by atoms with E-state index in [0.29, 0.717) is 12.6 Å². The van der Waals surface area contributed by atoms with Gasteiger partial charge in [-0.1, -0.05) is 19.6 Å². The predicted molar refractivity (Wildman–Crippen MR) is 147 cm³/mol. The molecule has 1 amide bonds. The van der Waals surface area contributed by atoms with E-state index in [1.54, 1.807) is 6.33 Å². The summed E-state index contributed by atoms with van der Waals surface area (Å²) in [6.07, 6.45) is 5.74. The van der Waals surface area contributed by atoms with Crippen molar-refractivity contribution in [1.82, 2.24) is 19.4 Å². The van der Waals surface area contributed by atoms with Gasteiger partial charge in [0.15, 0.2) is 0 Å². The number of hydrogen-bond acceptors (Lipinski definition) is 7. The third-order valence-electron chi connectivity index (χ3n) is 7.61. The molecule has 0 bridgehead atoms. The molecular formula is C27H43N5O4Si. The van der Waals surface area contributed by atoms with Crippen LogP contribution in [0, 0.1) is 5.41 Å². The van der Waals surface area contributed by atoms with E-state index >= 15 is 0 Å². The lowest BCUT2D eigenvalue weighted by atomic mass is 9.73. The molecule has 9 nitrogen and oxygen atoms in total. The number of aromatic nitrogens is 3. The lowest BCUT2D eigenvalue weighted by molar-refractivity contribution is -0.0454. The zero-order chi connectivity index (χ0) is 26.4. The van der Waals surface area contributed by atoms with E-state index in [-0.39, 0.29) is 11.5 Å². The molecule has 37 heavy (non-hydrogen) atoms. The zero-order valence-electron chi connectivity index (χ0n) is 23.4. The van der Waals surface area contributed by atoms with Gasteiger partial charge in [0, 0.05) is 65.7 Å². The van der Waals surface area contributed by atoms with E-state index in [9.17, 15) is 4.79 Å². The fourth-order valence-corrected chi connectivity index (χ4v) is 6.42. The molecule has 5 heterocycles. The standard InChI is InChI=1S/C27H43N5O4Si/c1-26(2,3)36-25(33)32-16-27(17-32)14-31(15-27)24-22-21(20-7-9-34-10-8-20)13-30(23(22)28-18-29-24)19-35-11-12-37(4,5)6/h13,18,20H,7-12,14-17,19H2,1-6H3. The average molecular weight is 530 g/mol. The Morgan fingerprint density at radius 3 is 2.49 bits per heavy atom. The highest BCUT2D eigenvalue weighted by Gasteiger charge is 2.54. The highest BCUT2D eigenvalue weighted by molar-refractivity contribution is 6.76. The minimum Gasteiger partial charge on any atom is -0.444 e. The second-order valence-corrected chi connectivity index (χ2v) is 19.0. The molecule has 204 valence electrons. The van der Waals surface area contributed by atoms with Gasteiger partial charge in [-0.25, -0.2) is 14.8 Å². The Kier molecular flexibility index (Phi) is 7.04. The molecule has 2 aromatic heterocycles. The van der Waals surface area contributed by atoms with E-state index in [4.69, 9.17) is 24.2 Å². The maximum atomic E-state index is 12.4. The molecule has 0 saturated carbocycles. The van der Waals surface area contributed by atoms with Gasteiger partial charge in [0.1, 0.15) is 30.1 Å². The topological polar surface area (TPSA) is 82.0 Å². The number of likely N-dealkylation sites (tertiary alicyclic amines) is 1. The molecule has 0 radical (unpaired) electrons. The molecule has 0 N–H and O–H groups in total. The fraction of sp³-hybridized carbons (Fsp3) is 0.741. The van der Waals surface area contributed by atoms with Gasteiger partial charge in [0.25, 0.3) is 0 Å². The number of hydrogen-bond donors (Lipinski definition) is 0. The molecule has 2 aromatic rings. The van der Waals surface area contributed by atoms with E-state index in [2.05, 4.69) is 35.3 Å². The molecular weight excluding hydrogens is 486 g/mol. The highest BCUT2D eigenvalue weighted by Crippen LogP contribution is 2.45. The van der Waals surface area contributed by atoms with Gasteiger partial charge in [-0.05, 0) is 51.1 Å². The van der Waals surface area contributed by atoms with Crippen molar-refractivity contribution in [2.24, 2.45) is 5.41 Å². The molecule has 3 aliphatic rings. The number of fused-ring (bicyclic) bond motifs is 1. The second-order valence-electron chi connectivity index (χ2n) is 13.4. The van der Waals surface area contributed by atoms with Crippen LogP contribution in [0.15, 0.2) is 12.5 Å². The maximum Gasteiger partial charge on any atom is 0.410 e. The van der Waals surface area contributed by atoms with E-state index < -0.39 is 13.7 Å². The Morgan fingerprint density at radius 1 is 1.14 bits per heavy atom. The summed E-state index contributed by atoms with van der Waals surface area (Å²) in [5.74, 6) is 1.44. The number of ether oxygens (including phenoxy) is 3. The Bertz CT molecular complexity index is 1120. The monoisotopic (exact) mass is 529 g/mol. The minimum atomic E-state index is -1.14. The summed E-state index contributed by atoms with van der Waals surface area (Å²) < 4.78 is 19.5. The van der Waals surface area contributed by atoms with Gasteiger partial charge in [-0.3, -0.25) is 0 Å². The first-order valence-electron chi connectivity index (χ1n) is 13.7. The molecule has 5 rings (SSSR count). The van der Waals surface area contributed by atoms with Gasteiger partial charge in [0.2, 0.25) is 0 Å². The largest absolute Gasteiger partial charge is 0.444 e. The molecule has 1 spiro atoms. The summed E-state index contributed by atoms with van der Waals surface area (Å²) in [7, 11) is -1.14. The van der Waals surface area contributed by atoms with E-state index in [1.165, 1.54) is 5.56 Å². The first-order chi connectivity index (χ1) is 17.4. The van der Waals surface area contributed by atoms with Crippen LogP contribution in [0.5, 0.6) is 0 Å². The summed E-state index contributed by atoms with van der Waals surface area (Å²) >= 11 is 0. The molecule has 3 aliphatic heterocycles. The molecule has 0 aliphatic carbocycles. The van der Waals surface area contributed by atoms with E-state index in [0.717, 1.165) is 81.7 Å². The van der Waals surface area contributed by atoms with Crippen molar-refractivity contribution in [3.8, 4) is 0 Å². The maximum absolute atomic E-state index is 12.4. The molecule has 0 unspecified atom stereocenters. The lowest BCUT2D eigenvalue weighted by Crippen LogP contribution is -2.73. The van der Waals surface area contributed by atoms with Crippen LogP contribution in [0.1, 0.15) is 45.1 Å². The molecule has 10 heteroatoms. The van der Waals surface area contributed by atoms with Crippen molar-refractivity contribution in [3.05, 3.63) is 18.1 Å². The predicted octanol–water partition coefficient (Wildman–Crippen LogP) is 4.69. The smallest absolute Gasteiger partial charge is 0.410 e. The first-order valence-corrected chi connectivity index (χ1v) is 17.4. The third kappa shape index (κ3) is 5.81. The van der Waals surface area contributed by atoms with Crippen LogP contribution >= 0.6 is 0 Å². The lowest BCUT2D eigenvalue weighted by Gasteiger charge is -2.60. The van der Waals surface area contributed by atoms with Crippen LogP contribution in [-0.2, 0) is 20.9 Å². The third-order valence-corrected chi connectivity index (χ3v) is 9.31. The average Bonchev–Trinajstić information content (AvgIpc) is 3.13. The SMILES string of the molecule is CC(C)(C)OC(=O)N1CC2(C1)CN(c1ncnc3c1c(C1CCOCC1)cn3COCC[Si](C)(C)C)C2. The number of carbonyl (C=O) groups is 1. The van der Waals surface area contributed by atoms with Crippen LogP contribution in [0.2, 0.25) is 25.7 Å². The zero-order valence-corrected chi connectivity index (χ0v) is 24.4. The minimum absolute atomic E-state index is 0.134. The molecule has 0 atom stereocenters. The van der Waals surface area contributed by atoms with Crippen LogP contribution in [0.4, 0.5) is 10.6 Å². The van der Waals surface area contributed by atoms with Crippen molar-refractivity contribution in [1.29, 1.82) is 0 Å². The number of rotatable bonds is 7. The number of amides is 1. The highest BCUT2D eigenvalue weighted by atomic mass is 28.3. The van der Waals surface area contributed by atoms with Gasteiger partial charge in [0.05, 0.1) is 5.39 Å². The van der Waals surface area contributed by atoms with Gasteiger partial charge in [-0.15, -0.1) is 0 Å². The van der Waals surface area contributed by atoms with Crippen LogP contribution in [0.25, 0.3) is 11.0 Å². The van der Waals surface area contributed by atoms with Crippen LogP contribution in [-0.4, -0.2) is 85.2 Å². The summed E-state index contributed by atoms with van der Waals surface area (Å²) in [6.45, 7) is 19.0. The Hall–Kier alpha value is -2.17. The first kappa shape index (κ1) is 26.4. The second kappa shape index (κ2) is 9.85. The van der Waals surface area contributed by atoms with Crippen molar-refractivity contribution in [3.63, 3.8) is 0 Å².